The smallest absolute Gasteiger partial charge is 0.212 e. The highest BCUT2D eigenvalue weighted by molar-refractivity contribution is 7.16. The average Bonchev–Trinajstić information content (AvgIpc) is 3.69. The molecule has 1 atom stereocenters. The third-order valence-corrected chi connectivity index (χ3v) is 8.10. The number of rotatable bonds is 9. The van der Waals surface area contributed by atoms with Gasteiger partial charge in [-0.15, -0.1) is 11.3 Å². The van der Waals surface area contributed by atoms with Gasteiger partial charge >= 0.3 is 0 Å². The van der Waals surface area contributed by atoms with Crippen molar-refractivity contribution in [1.29, 1.82) is 0 Å². The van der Waals surface area contributed by atoms with Crippen molar-refractivity contribution in [2.75, 3.05) is 21.2 Å². The topological polar surface area (TPSA) is 77.9 Å². The zero-order valence-electron chi connectivity index (χ0n) is 21.8. The fourth-order valence-electron chi connectivity index (χ4n) is 4.22. The van der Waals surface area contributed by atoms with Crippen LogP contribution in [0.1, 0.15) is 29.4 Å². The maximum Gasteiger partial charge on any atom is 0.212 e. The zero-order valence-corrected chi connectivity index (χ0v) is 23.5. The molecule has 0 unspecified atom stereocenters. The lowest BCUT2D eigenvalue weighted by atomic mass is 10.1. The largest absolute Gasteiger partial charge is 0.496 e. The first-order valence-corrected chi connectivity index (χ1v) is 14.0. The van der Waals surface area contributed by atoms with Crippen LogP contribution in [0.3, 0.4) is 0 Å². The van der Waals surface area contributed by atoms with Crippen LogP contribution in [0.5, 0.6) is 11.5 Å². The number of aromatic nitrogens is 4. The van der Waals surface area contributed by atoms with Crippen molar-refractivity contribution in [2.24, 2.45) is 0 Å². The van der Waals surface area contributed by atoms with E-state index in [0.29, 0.717) is 45.1 Å². The predicted octanol–water partition coefficient (Wildman–Crippen LogP) is 7.01. The molecule has 0 saturated carbocycles. The van der Waals surface area contributed by atoms with Crippen molar-refractivity contribution in [3.05, 3.63) is 70.3 Å². The summed E-state index contributed by atoms with van der Waals surface area (Å²) in [6.07, 6.45) is 0.595. The highest BCUT2D eigenvalue weighted by Crippen LogP contribution is 2.38. The van der Waals surface area contributed by atoms with Gasteiger partial charge in [0.1, 0.15) is 34.4 Å². The van der Waals surface area contributed by atoms with Gasteiger partial charge in [-0.05, 0) is 32.6 Å². The van der Waals surface area contributed by atoms with E-state index < -0.39 is 6.17 Å². The minimum Gasteiger partial charge on any atom is -0.496 e. The third-order valence-electron chi connectivity index (χ3n) is 6.09. The van der Waals surface area contributed by atoms with Gasteiger partial charge in [-0.3, -0.25) is 0 Å². The van der Waals surface area contributed by atoms with Crippen molar-refractivity contribution in [3.63, 3.8) is 0 Å². The number of imidazole rings is 1. The highest BCUT2D eigenvalue weighted by Gasteiger charge is 2.18. The Morgan fingerprint density at radius 3 is 2.67 bits per heavy atom. The second kappa shape index (κ2) is 10.4. The fourth-order valence-corrected chi connectivity index (χ4v) is 5.84. The number of hydrogen-bond donors (Lipinski definition) is 0. The Balaban J connectivity index is 1.23. The van der Waals surface area contributed by atoms with E-state index in [4.69, 9.17) is 18.9 Å². The summed E-state index contributed by atoms with van der Waals surface area (Å²) in [5, 5.41) is 8.41. The highest BCUT2D eigenvalue weighted by atomic mass is 32.1. The van der Waals surface area contributed by atoms with Crippen LogP contribution >= 0.6 is 22.7 Å². The minimum absolute atomic E-state index is 0.298. The summed E-state index contributed by atoms with van der Waals surface area (Å²) in [5.41, 5.74) is 4.40. The van der Waals surface area contributed by atoms with E-state index in [1.165, 1.54) is 23.8 Å². The Morgan fingerprint density at radius 2 is 1.95 bits per heavy atom. The molecule has 39 heavy (non-hydrogen) atoms. The SMILES string of the molecule is COc1cc(OCc2csc(-c3ccc(CN(C)C)cc3)n2)c2cc(-c3cn4nc([C@H](C)F)sc4n3)oc2c1. The normalized spacial score (nSPS) is 12.6. The first-order chi connectivity index (χ1) is 18.9. The molecule has 0 aliphatic heterocycles. The third kappa shape index (κ3) is 5.25. The second-order valence-corrected chi connectivity index (χ2v) is 11.3. The van der Waals surface area contributed by atoms with E-state index >= 15 is 0 Å². The van der Waals surface area contributed by atoms with E-state index in [1.807, 2.05) is 23.6 Å². The molecule has 200 valence electrons. The summed E-state index contributed by atoms with van der Waals surface area (Å²) in [5.74, 6) is 1.79. The van der Waals surface area contributed by atoms with Crippen LogP contribution in [0.25, 0.3) is 38.0 Å². The van der Waals surface area contributed by atoms with Crippen molar-refractivity contribution >= 4 is 38.6 Å². The van der Waals surface area contributed by atoms with Crippen LogP contribution < -0.4 is 9.47 Å². The number of ether oxygens (including phenoxy) is 2. The van der Waals surface area contributed by atoms with E-state index in [-0.39, 0.29) is 0 Å². The summed E-state index contributed by atoms with van der Waals surface area (Å²) in [4.78, 5) is 12.1. The van der Waals surface area contributed by atoms with Gasteiger partial charge in [0, 0.05) is 29.6 Å². The number of furan rings is 1. The molecule has 11 heteroatoms. The lowest BCUT2D eigenvalue weighted by molar-refractivity contribution is 0.303. The van der Waals surface area contributed by atoms with Gasteiger partial charge in [0.25, 0.3) is 0 Å². The van der Waals surface area contributed by atoms with Gasteiger partial charge in [0.2, 0.25) is 4.96 Å². The molecule has 2 aromatic carbocycles. The minimum atomic E-state index is -1.14. The van der Waals surface area contributed by atoms with Gasteiger partial charge in [0.05, 0.1) is 24.4 Å². The van der Waals surface area contributed by atoms with Crippen LogP contribution in [-0.2, 0) is 13.2 Å². The molecule has 0 bridgehead atoms. The number of halogens is 1. The van der Waals surface area contributed by atoms with Crippen molar-refractivity contribution < 1.29 is 18.3 Å². The predicted molar refractivity (Wildman–Crippen MR) is 151 cm³/mol. The van der Waals surface area contributed by atoms with E-state index in [0.717, 1.165) is 28.2 Å². The quantitative estimate of drug-likeness (QED) is 0.187. The van der Waals surface area contributed by atoms with Crippen molar-refractivity contribution in [2.45, 2.75) is 26.2 Å². The maximum absolute atomic E-state index is 13.6. The van der Waals surface area contributed by atoms with Gasteiger partial charge in [-0.2, -0.15) is 5.10 Å². The monoisotopic (exact) mass is 563 g/mol. The van der Waals surface area contributed by atoms with Gasteiger partial charge in [-0.1, -0.05) is 35.6 Å². The molecular weight excluding hydrogens is 537 g/mol. The number of fused-ring (bicyclic) bond motifs is 2. The van der Waals surface area contributed by atoms with E-state index in [2.05, 4.69) is 53.3 Å². The Kier molecular flexibility index (Phi) is 6.79. The second-order valence-electron chi connectivity index (χ2n) is 9.42. The standard InChI is InChI=1S/C28H26FN5O3S2/c1-16(29)26-32-34-13-22(31-28(34)39-26)25-11-21-23(9-20(35-4)10-24(21)37-25)36-14-19-15-38-27(30-19)18-7-5-17(6-8-18)12-33(2)3/h5-11,13,15-16H,12,14H2,1-4H3/t16-/m0/s1. The lowest BCUT2D eigenvalue weighted by Crippen LogP contribution is -2.10. The molecule has 0 amide bonds. The van der Waals surface area contributed by atoms with E-state index in [1.54, 1.807) is 29.2 Å². The van der Waals surface area contributed by atoms with Gasteiger partial charge in [-0.25, -0.2) is 18.9 Å². The summed E-state index contributed by atoms with van der Waals surface area (Å²) < 4.78 is 33.0. The molecule has 0 aliphatic carbocycles. The summed E-state index contributed by atoms with van der Waals surface area (Å²) in [6.45, 7) is 2.66. The number of methoxy groups -OCH3 is 1. The molecule has 0 spiro atoms. The van der Waals surface area contributed by atoms with Gasteiger partial charge < -0.3 is 18.8 Å². The first kappa shape index (κ1) is 25.5. The first-order valence-electron chi connectivity index (χ1n) is 12.3. The summed E-state index contributed by atoms with van der Waals surface area (Å²) in [6, 6.07) is 14.0. The molecule has 0 fully saturated rings. The fraction of sp³-hybridized carbons (Fsp3) is 0.250. The number of alkyl halides is 1. The average molecular weight is 564 g/mol. The number of benzene rings is 2. The van der Waals surface area contributed by atoms with Gasteiger partial charge in [0.15, 0.2) is 16.9 Å². The Hall–Kier alpha value is -3.80. The maximum atomic E-state index is 13.6. The van der Waals surface area contributed by atoms with Crippen LogP contribution in [0.15, 0.2) is 58.5 Å². The number of nitrogens with zero attached hydrogens (tertiary/aromatic N) is 5. The lowest BCUT2D eigenvalue weighted by Gasteiger charge is -2.09. The molecule has 6 rings (SSSR count). The Morgan fingerprint density at radius 1 is 1.13 bits per heavy atom. The summed E-state index contributed by atoms with van der Waals surface area (Å²) >= 11 is 2.81. The van der Waals surface area contributed by atoms with Crippen LogP contribution in [0.4, 0.5) is 4.39 Å². The zero-order chi connectivity index (χ0) is 27.1. The molecule has 4 aromatic heterocycles. The van der Waals surface area contributed by atoms with E-state index in [9.17, 15) is 4.39 Å². The van der Waals surface area contributed by atoms with Crippen LogP contribution in [0, 0.1) is 0 Å². The summed E-state index contributed by atoms with van der Waals surface area (Å²) in [7, 11) is 5.72. The van der Waals surface area contributed by atoms with Crippen molar-refractivity contribution in [1.82, 2.24) is 24.5 Å². The number of hydrogen-bond acceptors (Lipinski definition) is 9. The molecule has 0 aliphatic rings. The molecular formula is C28H26FN5O3S2. The molecule has 0 N–H and O–H groups in total. The molecule has 0 saturated heterocycles. The Labute approximate surface area is 232 Å². The Bertz CT molecular complexity index is 1720. The molecule has 4 heterocycles. The molecule has 8 nitrogen and oxygen atoms in total. The number of thiazole rings is 1. The van der Waals surface area contributed by atoms with Crippen LogP contribution in [0.2, 0.25) is 0 Å². The molecule has 0 radical (unpaired) electrons. The molecule has 6 aromatic rings. The van der Waals surface area contributed by atoms with Crippen molar-refractivity contribution in [3.8, 4) is 33.5 Å². The van der Waals surface area contributed by atoms with Crippen LogP contribution in [-0.4, -0.2) is 45.7 Å².